The first-order valence-corrected chi connectivity index (χ1v) is 5.42. The van der Waals surface area contributed by atoms with Crippen molar-refractivity contribution in [3.8, 4) is 5.75 Å². The Morgan fingerprint density at radius 1 is 1.28 bits per heavy atom. The molecule has 1 rings (SSSR count). The topological polar surface area (TPSA) is 49.7 Å². The second-order valence-corrected chi connectivity index (χ2v) is 4.20. The van der Waals surface area contributed by atoms with Gasteiger partial charge in [0.1, 0.15) is 11.9 Å². The summed E-state index contributed by atoms with van der Waals surface area (Å²) in [4.78, 5) is 0. The van der Waals surface area contributed by atoms with Gasteiger partial charge in [-0.3, -0.25) is 0 Å². The van der Waals surface area contributed by atoms with Gasteiger partial charge in [0.15, 0.2) is 0 Å². The minimum atomic E-state index is -4.84. The number of ether oxygens (including phenoxy) is 1. The highest BCUT2D eigenvalue weighted by Crippen LogP contribution is 2.36. The Morgan fingerprint density at radius 2 is 1.83 bits per heavy atom. The summed E-state index contributed by atoms with van der Waals surface area (Å²) in [6.07, 6.45) is -6.11. The number of hydrogen-bond acceptors (Lipinski definition) is 3. The molecule has 2 atom stereocenters. The molecule has 0 aliphatic heterocycles. The van der Waals surface area contributed by atoms with Crippen LogP contribution in [0.15, 0.2) is 24.3 Å². The molecular weight excluding hydrogens is 249 g/mol. The van der Waals surface area contributed by atoms with Crippen molar-refractivity contribution >= 4 is 0 Å². The van der Waals surface area contributed by atoms with Gasteiger partial charge in [-0.2, -0.15) is 0 Å². The second-order valence-electron chi connectivity index (χ2n) is 4.20. The normalized spacial score (nSPS) is 17.1. The SMILES string of the molecule is CCC(C)(O)C(O)c1ccccc1OC(F)(F)F. The molecule has 0 fully saturated rings. The molecule has 102 valence electrons. The van der Waals surface area contributed by atoms with Crippen molar-refractivity contribution in [3.63, 3.8) is 0 Å². The molecule has 0 spiro atoms. The highest BCUT2D eigenvalue weighted by Gasteiger charge is 2.36. The Bertz CT molecular complexity index is 402. The lowest BCUT2D eigenvalue weighted by molar-refractivity contribution is -0.275. The van der Waals surface area contributed by atoms with Crippen LogP contribution in [0.3, 0.4) is 0 Å². The van der Waals surface area contributed by atoms with Crippen LogP contribution < -0.4 is 4.74 Å². The molecule has 2 unspecified atom stereocenters. The third-order valence-electron chi connectivity index (χ3n) is 2.74. The largest absolute Gasteiger partial charge is 0.573 e. The van der Waals surface area contributed by atoms with E-state index in [1.165, 1.54) is 25.1 Å². The van der Waals surface area contributed by atoms with Crippen LogP contribution in [-0.2, 0) is 0 Å². The molecule has 0 bridgehead atoms. The third kappa shape index (κ3) is 3.61. The molecule has 18 heavy (non-hydrogen) atoms. The van der Waals surface area contributed by atoms with Gasteiger partial charge in [-0.25, -0.2) is 0 Å². The Labute approximate surface area is 103 Å². The molecule has 6 heteroatoms. The summed E-state index contributed by atoms with van der Waals surface area (Å²) >= 11 is 0. The van der Waals surface area contributed by atoms with Crippen molar-refractivity contribution in [2.45, 2.75) is 38.3 Å². The monoisotopic (exact) mass is 264 g/mol. The number of para-hydroxylation sites is 1. The number of rotatable bonds is 4. The van der Waals surface area contributed by atoms with Crippen molar-refractivity contribution in [3.05, 3.63) is 29.8 Å². The van der Waals surface area contributed by atoms with E-state index >= 15 is 0 Å². The summed E-state index contributed by atoms with van der Waals surface area (Å²) in [5, 5.41) is 19.8. The van der Waals surface area contributed by atoms with Gasteiger partial charge in [-0.1, -0.05) is 25.1 Å². The van der Waals surface area contributed by atoms with E-state index in [2.05, 4.69) is 4.74 Å². The summed E-state index contributed by atoms with van der Waals surface area (Å²) < 4.78 is 40.4. The summed E-state index contributed by atoms with van der Waals surface area (Å²) in [5.74, 6) is -0.508. The maximum atomic E-state index is 12.2. The molecule has 1 aromatic rings. The maximum absolute atomic E-state index is 12.2. The highest BCUT2D eigenvalue weighted by atomic mass is 19.4. The van der Waals surface area contributed by atoms with Gasteiger partial charge in [0.2, 0.25) is 0 Å². The quantitative estimate of drug-likeness (QED) is 0.879. The van der Waals surface area contributed by atoms with Crippen LogP contribution in [0.2, 0.25) is 0 Å². The average Bonchev–Trinajstić information content (AvgIpc) is 2.26. The Hall–Kier alpha value is -1.27. The minimum absolute atomic E-state index is 0.0957. The van der Waals surface area contributed by atoms with Crippen LogP contribution in [0.1, 0.15) is 31.9 Å². The zero-order valence-corrected chi connectivity index (χ0v) is 10.0. The van der Waals surface area contributed by atoms with Crippen molar-refractivity contribution in [2.75, 3.05) is 0 Å². The zero-order valence-electron chi connectivity index (χ0n) is 10.0. The standard InChI is InChI=1S/C12H15F3O3/c1-3-11(2,17)10(16)8-6-4-5-7-9(8)18-12(13,14)15/h4-7,10,16-17H,3H2,1-2H3. The number of halogens is 3. The summed E-state index contributed by atoms with van der Waals surface area (Å²) in [6, 6.07) is 5.21. The van der Waals surface area contributed by atoms with E-state index in [1.807, 2.05) is 0 Å². The summed E-state index contributed by atoms with van der Waals surface area (Å²) in [7, 11) is 0. The van der Waals surface area contributed by atoms with Gasteiger partial charge in [-0.15, -0.1) is 13.2 Å². The predicted octanol–water partition coefficient (Wildman–Crippen LogP) is 2.78. The van der Waals surface area contributed by atoms with Gasteiger partial charge < -0.3 is 14.9 Å². The first-order chi connectivity index (χ1) is 8.17. The van der Waals surface area contributed by atoms with Crippen molar-refractivity contribution < 1.29 is 28.1 Å². The fourth-order valence-corrected chi connectivity index (χ4v) is 1.45. The summed E-state index contributed by atoms with van der Waals surface area (Å²) in [6.45, 7) is 2.97. The van der Waals surface area contributed by atoms with Gasteiger partial charge in [-0.05, 0) is 19.4 Å². The Morgan fingerprint density at radius 3 is 2.33 bits per heavy atom. The van der Waals surface area contributed by atoms with Crippen molar-refractivity contribution in [1.29, 1.82) is 0 Å². The molecule has 3 nitrogen and oxygen atoms in total. The lowest BCUT2D eigenvalue weighted by atomic mass is 9.90. The van der Waals surface area contributed by atoms with Crippen LogP contribution in [-0.4, -0.2) is 22.2 Å². The molecule has 0 radical (unpaired) electrons. The van der Waals surface area contributed by atoms with E-state index in [4.69, 9.17) is 0 Å². The van der Waals surface area contributed by atoms with Crippen LogP contribution in [0.4, 0.5) is 13.2 Å². The molecule has 1 aromatic carbocycles. The molecule has 0 aliphatic rings. The van der Waals surface area contributed by atoms with E-state index in [-0.39, 0.29) is 12.0 Å². The van der Waals surface area contributed by atoms with Gasteiger partial charge in [0.05, 0.1) is 5.60 Å². The zero-order chi connectivity index (χ0) is 14.0. The highest BCUT2D eigenvalue weighted by molar-refractivity contribution is 5.36. The molecule has 0 amide bonds. The lowest BCUT2D eigenvalue weighted by Crippen LogP contribution is -2.32. The maximum Gasteiger partial charge on any atom is 0.573 e. The molecule has 0 aromatic heterocycles. The molecule has 0 saturated heterocycles. The summed E-state index contributed by atoms with van der Waals surface area (Å²) in [5.41, 5.74) is -1.62. The van der Waals surface area contributed by atoms with Gasteiger partial charge in [0, 0.05) is 5.56 Å². The van der Waals surface area contributed by atoms with Crippen LogP contribution in [0.25, 0.3) is 0 Å². The predicted molar refractivity (Wildman–Crippen MR) is 59.0 cm³/mol. The van der Waals surface area contributed by atoms with Crippen LogP contribution in [0.5, 0.6) is 5.75 Å². The molecule has 0 heterocycles. The van der Waals surface area contributed by atoms with Gasteiger partial charge in [0.25, 0.3) is 0 Å². The first-order valence-electron chi connectivity index (χ1n) is 5.42. The number of alkyl halides is 3. The lowest BCUT2D eigenvalue weighted by Gasteiger charge is -2.29. The van der Waals surface area contributed by atoms with E-state index in [9.17, 15) is 23.4 Å². The number of benzene rings is 1. The third-order valence-corrected chi connectivity index (χ3v) is 2.74. The number of aliphatic hydroxyl groups is 2. The minimum Gasteiger partial charge on any atom is -0.405 e. The van der Waals surface area contributed by atoms with Gasteiger partial charge >= 0.3 is 6.36 Å². The molecular formula is C12H15F3O3. The molecule has 0 saturated carbocycles. The van der Waals surface area contributed by atoms with E-state index in [0.717, 1.165) is 6.07 Å². The van der Waals surface area contributed by atoms with Crippen molar-refractivity contribution in [1.82, 2.24) is 0 Å². The smallest absolute Gasteiger partial charge is 0.405 e. The first kappa shape index (κ1) is 14.8. The molecule has 2 N–H and O–H groups in total. The number of aliphatic hydroxyl groups excluding tert-OH is 1. The van der Waals surface area contributed by atoms with E-state index in [0.29, 0.717) is 0 Å². The van der Waals surface area contributed by atoms with E-state index in [1.54, 1.807) is 6.92 Å². The second kappa shape index (κ2) is 5.16. The Kier molecular flexibility index (Phi) is 4.24. The van der Waals surface area contributed by atoms with Crippen LogP contribution in [0, 0.1) is 0 Å². The van der Waals surface area contributed by atoms with Crippen molar-refractivity contribution in [2.24, 2.45) is 0 Å². The fraction of sp³-hybridized carbons (Fsp3) is 0.500. The fourth-order valence-electron chi connectivity index (χ4n) is 1.45. The average molecular weight is 264 g/mol. The Balaban J connectivity index is 3.09. The van der Waals surface area contributed by atoms with E-state index < -0.39 is 23.8 Å². The van der Waals surface area contributed by atoms with Crippen LogP contribution >= 0.6 is 0 Å². The molecule has 0 aliphatic carbocycles. The number of hydrogen-bond donors (Lipinski definition) is 2.